The summed E-state index contributed by atoms with van der Waals surface area (Å²) in [6.45, 7) is 0. The standard InChI is InChI=1S/C50H34N2O/c1-4-18-36(19-5-1)51(37-20-6-2-7-21-37)39-31-32-42-46(34-39)40-24-11-10-17-35(40)33-48(42)52(38-22-8-3-9-23-38)47-29-14-12-25-41(47)44-27-16-28-45-43-26-13-15-30-49(43)53-50(44)45/h1-34H. The van der Waals surface area contributed by atoms with Crippen LogP contribution in [-0.2, 0) is 0 Å². The molecule has 0 saturated heterocycles. The zero-order chi connectivity index (χ0) is 35.1. The Morgan fingerprint density at radius 2 is 0.868 bits per heavy atom. The summed E-state index contributed by atoms with van der Waals surface area (Å²) in [5, 5.41) is 6.97. The highest BCUT2D eigenvalue weighted by Crippen LogP contribution is 2.48. The van der Waals surface area contributed by atoms with Crippen LogP contribution >= 0.6 is 0 Å². The van der Waals surface area contributed by atoms with E-state index in [1.807, 2.05) is 12.1 Å². The van der Waals surface area contributed by atoms with Gasteiger partial charge in [0.1, 0.15) is 11.2 Å². The van der Waals surface area contributed by atoms with Gasteiger partial charge in [0, 0.05) is 50.0 Å². The summed E-state index contributed by atoms with van der Waals surface area (Å²) < 4.78 is 6.60. The Morgan fingerprint density at radius 3 is 1.60 bits per heavy atom. The molecule has 0 spiro atoms. The molecule has 0 aliphatic rings. The Bertz CT molecular complexity index is 2860. The number of benzene rings is 9. The van der Waals surface area contributed by atoms with Crippen LogP contribution in [-0.4, -0.2) is 0 Å². The van der Waals surface area contributed by atoms with E-state index in [0.717, 1.165) is 72.6 Å². The fraction of sp³-hybridized carbons (Fsp3) is 0. The van der Waals surface area contributed by atoms with Gasteiger partial charge in [0.25, 0.3) is 0 Å². The van der Waals surface area contributed by atoms with Crippen LogP contribution in [0.3, 0.4) is 0 Å². The van der Waals surface area contributed by atoms with Crippen LogP contribution in [0.1, 0.15) is 0 Å². The van der Waals surface area contributed by atoms with E-state index in [4.69, 9.17) is 4.42 Å². The van der Waals surface area contributed by atoms with Crippen LogP contribution in [0.25, 0.3) is 54.6 Å². The van der Waals surface area contributed by atoms with E-state index in [1.54, 1.807) is 0 Å². The SMILES string of the molecule is c1ccc(N(c2ccccc2)c2ccc3c(N(c4ccccc4)c4ccccc4-c4cccc5c4oc4ccccc45)cc4ccccc4c3c2)cc1. The topological polar surface area (TPSA) is 19.6 Å². The van der Waals surface area contributed by atoms with Crippen molar-refractivity contribution in [3.63, 3.8) is 0 Å². The molecule has 10 aromatic rings. The summed E-state index contributed by atoms with van der Waals surface area (Å²) in [5.74, 6) is 0. The highest BCUT2D eigenvalue weighted by atomic mass is 16.3. The van der Waals surface area contributed by atoms with Crippen molar-refractivity contribution in [3.05, 3.63) is 206 Å². The largest absolute Gasteiger partial charge is 0.455 e. The molecule has 0 unspecified atom stereocenters. The maximum atomic E-state index is 6.60. The van der Waals surface area contributed by atoms with Gasteiger partial charge in [-0.1, -0.05) is 140 Å². The molecule has 9 aromatic carbocycles. The van der Waals surface area contributed by atoms with Gasteiger partial charge in [-0.3, -0.25) is 0 Å². The van der Waals surface area contributed by atoms with Crippen LogP contribution < -0.4 is 9.80 Å². The molecule has 3 heteroatoms. The van der Waals surface area contributed by atoms with Gasteiger partial charge in [-0.2, -0.15) is 0 Å². The molecule has 0 saturated carbocycles. The van der Waals surface area contributed by atoms with Crippen LogP contribution in [0.5, 0.6) is 0 Å². The predicted octanol–water partition coefficient (Wildman–Crippen LogP) is 14.5. The zero-order valence-electron chi connectivity index (χ0n) is 28.9. The average molecular weight is 679 g/mol. The van der Waals surface area contributed by atoms with E-state index < -0.39 is 0 Å². The first-order valence-corrected chi connectivity index (χ1v) is 18.0. The Hall–Kier alpha value is -7.10. The monoisotopic (exact) mass is 678 g/mol. The summed E-state index contributed by atoms with van der Waals surface area (Å²) in [4.78, 5) is 4.75. The normalized spacial score (nSPS) is 11.4. The number of para-hydroxylation sites is 6. The zero-order valence-corrected chi connectivity index (χ0v) is 28.9. The summed E-state index contributed by atoms with van der Waals surface area (Å²) >= 11 is 0. The van der Waals surface area contributed by atoms with Crippen LogP contribution in [0, 0.1) is 0 Å². The number of hydrogen-bond donors (Lipinski definition) is 0. The molecular formula is C50H34N2O. The molecule has 0 amide bonds. The maximum absolute atomic E-state index is 6.60. The summed E-state index contributed by atoms with van der Waals surface area (Å²) in [6, 6.07) is 73.3. The molecular weight excluding hydrogens is 645 g/mol. The highest BCUT2D eigenvalue weighted by Gasteiger charge is 2.23. The van der Waals surface area contributed by atoms with Crippen molar-refractivity contribution in [3.8, 4) is 11.1 Å². The first-order valence-electron chi connectivity index (χ1n) is 18.0. The third-order valence-electron chi connectivity index (χ3n) is 10.2. The van der Waals surface area contributed by atoms with E-state index in [1.165, 1.54) is 16.2 Å². The molecule has 1 heterocycles. The molecule has 0 N–H and O–H groups in total. The molecule has 0 aliphatic heterocycles. The number of fused-ring (bicyclic) bond motifs is 6. The van der Waals surface area contributed by atoms with Crippen LogP contribution in [0.4, 0.5) is 34.1 Å². The Labute approximate surface area is 308 Å². The molecule has 0 atom stereocenters. The van der Waals surface area contributed by atoms with Crippen molar-refractivity contribution >= 4 is 77.6 Å². The Balaban J connectivity index is 1.24. The smallest absolute Gasteiger partial charge is 0.143 e. The molecule has 250 valence electrons. The van der Waals surface area contributed by atoms with Gasteiger partial charge in [-0.25, -0.2) is 0 Å². The second kappa shape index (κ2) is 12.9. The van der Waals surface area contributed by atoms with Crippen molar-refractivity contribution in [1.29, 1.82) is 0 Å². The van der Waals surface area contributed by atoms with Gasteiger partial charge >= 0.3 is 0 Å². The lowest BCUT2D eigenvalue weighted by atomic mass is 9.96. The summed E-state index contributed by atoms with van der Waals surface area (Å²) in [5.41, 5.74) is 10.5. The molecule has 3 nitrogen and oxygen atoms in total. The fourth-order valence-corrected chi connectivity index (χ4v) is 7.84. The van der Waals surface area contributed by atoms with Crippen molar-refractivity contribution < 1.29 is 4.42 Å². The third-order valence-corrected chi connectivity index (χ3v) is 10.2. The van der Waals surface area contributed by atoms with Gasteiger partial charge in [-0.15, -0.1) is 0 Å². The molecule has 0 aliphatic carbocycles. The number of nitrogens with zero attached hydrogens (tertiary/aromatic N) is 2. The first-order chi connectivity index (χ1) is 26.3. The minimum Gasteiger partial charge on any atom is -0.455 e. The first kappa shape index (κ1) is 30.7. The lowest BCUT2D eigenvalue weighted by Crippen LogP contribution is -2.12. The van der Waals surface area contributed by atoms with E-state index >= 15 is 0 Å². The van der Waals surface area contributed by atoms with E-state index in [-0.39, 0.29) is 0 Å². The second-order valence-electron chi connectivity index (χ2n) is 13.3. The second-order valence-corrected chi connectivity index (χ2v) is 13.3. The summed E-state index contributed by atoms with van der Waals surface area (Å²) in [6.07, 6.45) is 0. The summed E-state index contributed by atoms with van der Waals surface area (Å²) in [7, 11) is 0. The van der Waals surface area contributed by atoms with E-state index in [2.05, 4.69) is 204 Å². The van der Waals surface area contributed by atoms with Crippen molar-refractivity contribution in [2.45, 2.75) is 0 Å². The lowest BCUT2D eigenvalue weighted by molar-refractivity contribution is 0.670. The molecule has 53 heavy (non-hydrogen) atoms. The van der Waals surface area contributed by atoms with Crippen molar-refractivity contribution in [2.75, 3.05) is 9.80 Å². The Morgan fingerprint density at radius 1 is 0.302 bits per heavy atom. The van der Waals surface area contributed by atoms with Crippen LogP contribution in [0.2, 0.25) is 0 Å². The van der Waals surface area contributed by atoms with Gasteiger partial charge in [0.15, 0.2) is 0 Å². The quantitative estimate of drug-likeness (QED) is 0.156. The molecule has 1 aromatic heterocycles. The van der Waals surface area contributed by atoms with Gasteiger partial charge in [-0.05, 0) is 82.9 Å². The third kappa shape index (κ3) is 5.30. The molecule has 10 rings (SSSR count). The van der Waals surface area contributed by atoms with E-state index in [0.29, 0.717) is 0 Å². The maximum Gasteiger partial charge on any atom is 0.143 e. The fourth-order valence-electron chi connectivity index (χ4n) is 7.84. The minimum atomic E-state index is 0.892. The predicted molar refractivity (Wildman–Crippen MR) is 224 cm³/mol. The molecule has 0 radical (unpaired) electrons. The number of furan rings is 1. The Kier molecular flexibility index (Phi) is 7.47. The molecule has 0 bridgehead atoms. The number of rotatable bonds is 7. The molecule has 0 fully saturated rings. The number of hydrogen-bond acceptors (Lipinski definition) is 3. The van der Waals surface area contributed by atoms with Gasteiger partial charge in [0.2, 0.25) is 0 Å². The lowest BCUT2D eigenvalue weighted by Gasteiger charge is -2.30. The van der Waals surface area contributed by atoms with E-state index in [9.17, 15) is 0 Å². The average Bonchev–Trinajstić information content (AvgIpc) is 3.62. The van der Waals surface area contributed by atoms with Crippen LogP contribution in [0.15, 0.2) is 211 Å². The van der Waals surface area contributed by atoms with Gasteiger partial charge in [0.05, 0.1) is 11.4 Å². The van der Waals surface area contributed by atoms with Crippen molar-refractivity contribution in [2.24, 2.45) is 0 Å². The number of anilines is 6. The minimum absolute atomic E-state index is 0.892. The van der Waals surface area contributed by atoms with Gasteiger partial charge < -0.3 is 14.2 Å². The van der Waals surface area contributed by atoms with Crippen molar-refractivity contribution in [1.82, 2.24) is 0 Å². The highest BCUT2D eigenvalue weighted by molar-refractivity contribution is 6.17.